The van der Waals surface area contributed by atoms with Crippen LogP contribution in [0.25, 0.3) is 0 Å². The lowest BCUT2D eigenvalue weighted by atomic mass is 9.94. The first-order chi connectivity index (χ1) is 10.5. The van der Waals surface area contributed by atoms with Crippen LogP contribution in [0.1, 0.15) is 18.4 Å². The first-order valence-corrected chi connectivity index (χ1v) is 7.48. The van der Waals surface area contributed by atoms with Gasteiger partial charge in [0.05, 0.1) is 25.9 Å². The molecule has 1 aliphatic heterocycles. The van der Waals surface area contributed by atoms with Gasteiger partial charge in [-0.3, -0.25) is 0 Å². The van der Waals surface area contributed by atoms with Crippen molar-refractivity contribution in [1.82, 2.24) is 0 Å². The van der Waals surface area contributed by atoms with Gasteiger partial charge in [-0.15, -0.1) is 0 Å². The minimum atomic E-state index is -1.23. The molecule has 0 spiro atoms. The van der Waals surface area contributed by atoms with E-state index in [1.54, 1.807) is 7.11 Å². The molecule has 5 atom stereocenters. The Hall–Kier alpha value is -1.18. The summed E-state index contributed by atoms with van der Waals surface area (Å²) in [7, 11) is 1.61. The Balaban J connectivity index is 1.78. The number of hydrogen-bond acceptors (Lipinski definition) is 6. The number of aliphatic hydroxyl groups excluding tert-OH is 4. The van der Waals surface area contributed by atoms with E-state index >= 15 is 0 Å². The van der Waals surface area contributed by atoms with Gasteiger partial charge in [-0.25, -0.2) is 0 Å². The first kappa shape index (κ1) is 17.2. The molecule has 4 N–H and O–H groups in total. The predicted octanol–water partition coefficient (Wildman–Crippen LogP) is -0.140. The summed E-state index contributed by atoms with van der Waals surface area (Å²) in [6.07, 6.45) is -3.36. The van der Waals surface area contributed by atoms with Crippen LogP contribution in [-0.4, -0.2) is 64.7 Å². The number of methoxy groups -OCH3 is 1. The van der Waals surface area contributed by atoms with Crippen molar-refractivity contribution in [1.29, 1.82) is 0 Å². The van der Waals surface area contributed by atoms with E-state index in [2.05, 4.69) is 0 Å². The highest BCUT2D eigenvalue weighted by Gasteiger charge is 2.38. The summed E-state index contributed by atoms with van der Waals surface area (Å²) >= 11 is 0. The fourth-order valence-corrected chi connectivity index (χ4v) is 2.59. The lowest BCUT2D eigenvalue weighted by molar-refractivity contribution is -0.193. The number of aryl methyl sites for hydroxylation is 1. The van der Waals surface area contributed by atoms with E-state index in [1.807, 2.05) is 24.3 Å². The summed E-state index contributed by atoms with van der Waals surface area (Å²) in [5, 5.41) is 38.9. The Morgan fingerprint density at radius 2 is 1.86 bits per heavy atom. The topological polar surface area (TPSA) is 99.4 Å². The quantitative estimate of drug-likeness (QED) is 0.583. The van der Waals surface area contributed by atoms with Gasteiger partial charge in [0.2, 0.25) is 0 Å². The molecule has 0 bridgehead atoms. The molecule has 22 heavy (non-hydrogen) atoms. The average molecular weight is 312 g/mol. The van der Waals surface area contributed by atoms with Gasteiger partial charge in [-0.2, -0.15) is 0 Å². The highest BCUT2D eigenvalue weighted by molar-refractivity contribution is 5.27. The second kappa shape index (κ2) is 7.89. The molecular weight excluding hydrogens is 288 g/mol. The predicted molar refractivity (Wildman–Crippen MR) is 79.7 cm³/mol. The summed E-state index contributed by atoms with van der Waals surface area (Å²) in [6, 6.07) is 7.62. The van der Waals surface area contributed by atoms with Crippen molar-refractivity contribution in [3.05, 3.63) is 29.8 Å². The highest BCUT2D eigenvalue weighted by atomic mass is 16.5. The van der Waals surface area contributed by atoms with Gasteiger partial charge < -0.3 is 29.9 Å². The van der Waals surface area contributed by atoms with Crippen LogP contribution in [0, 0.1) is 0 Å². The number of hydrogen-bond donors (Lipinski definition) is 4. The maximum Gasteiger partial charge on any atom is 0.118 e. The summed E-state index contributed by atoms with van der Waals surface area (Å²) in [4.78, 5) is 0. The SMILES string of the molecule is COc1ccc(CC[C@@H](O)C[C@@H]2OC[C@@H](O)[C@H](O)[C@H]2O)cc1. The molecule has 1 aliphatic rings. The van der Waals surface area contributed by atoms with Crippen molar-refractivity contribution >= 4 is 0 Å². The molecular formula is C16H24O6. The van der Waals surface area contributed by atoms with E-state index in [0.29, 0.717) is 12.8 Å². The Morgan fingerprint density at radius 3 is 2.50 bits per heavy atom. The van der Waals surface area contributed by atoms with Crippen LogP contribution in [0.5, 0.6) is 5.75 Å². The van der Waals surface area contributed by atoms with Crippen LogP contribution in [0.3, 0.4) is 0 Å². The zero-order valence-corrected chi connectivity index (χ0v) is 12.6. The number of ether oxygens (including phenoxy) is 2. The second-order valence-electron chi connectivity index (χ2n) is 5.70. The average Bonchev–Trinajstić information content (AvgIpc) is 2.54. The molecule has 1 aromatic rings. The molecule has 0 aliphatic carbocycles. The Bertz CT molecular complexity index is 448. The van der Waals surface area contributed by atoms with E-state index in [4.69, 9.17) is 9.47 Å². The maximum atomic E-state index is 10.1. The molecule has 1 saturated heterocycles. The molecule has 6 nitrogen and oxygen atoms in total. The maximum absolute atomic E-state index is 10.1. The monoisotopic (exact) mass is 312 g/mol. The zero-order chi connectivity index (χ0) is 16.1. The van der Waals surface area contributed by atoms with Crippen LogP contribution in [0.4, 0.5) is 0 Å². The minimum absolute atomic E-state index is 0.0336. The van der Waals surface area contributed by atoms with Crippen molar-refractivity contribution < 1.29 is 29.9 Å². The largest absolute Gasteiger partial charge is 0.497 e. The molecule has 0 aromatic heterocycles. The minimum Gasteiger partial charge on any atom is -0.497 e. The Morgan fingerprint density at radius 1 is 1.18 bits per heavy atom. The molecule has 2 rings (SSSR count). The van der Waals surface area contributed by atoms with Gasteiger partial charge in [0.25, 0.3) is 0 Å². The molecule has 0 unspecified atom stereocenters. The highest BCUT2D eigenvalue weighted by Crippen LogP contribution is 2.21. The Kier molecular flexibility index (Phi) is 6.16. The van der Waals surface area contributed by atoms with E-state index in [1.165, 1.54) is 0 Å². The number of rotatable bonds is 6. The Labute approximate surface area is 129 Å². The third-order valence-corrected chi connectivity index (χ3v) is 4.04. The standard InChI is InChI=1S/C16H24O6/c1-21-12-6-3-10(4-7-12)2-5-11(17)8-14-16(20)15(19)13(18)9-22-14/h3-4,6-7,11,13-20H,2,5,8-9H2,1H3/t11-,13-,14+,15+,16+/m1/s1. The van der Waals surface area contributed by atoms with Crippen molar-refractivity contribution in [3.8, 4) is 5.75 Å². The van der Waals surface area contributed by atoms with E-state index in [0.717, 1.165) is 11.3 Å². The fourth-order valence-electron chi connectivity index (χ4n) is 2.59. The summed E-state index contributed by atoms with van der Waals surface area (Å²) < 4.78 is 10.4. The van der Waals surface area contributed by atoms with Gasteiger partial charge in [0.1, 0.15) is 24.1 Å². The van der Waals surface area contributed by atoms with E-state index in [9.17, 15) is 20.4 Å². The van der Waals surface area contributed by atoms with E-state index < -0.39 is 30.5 Å². The second-order valence-corrected chi connectivity index (χ2v) is 5.70. The fraction of sp³-hybridized carbons (Fsp3) is 0.625. The third-order valence-electron chi connectivity index (χ3n) is 4.04. The zero-order valence-electron chi connectivity index (χ0n) is 12.6. The third kappa shape index (κ3) is 4.41. The lowest BCUT2D eigenvalue weighted by Crippen LogP contribution is -2.53. The van der Waals surface area contributed by atoms with Crippen LogP contribution >= 0.6 is 0 Å². The smallest absolute Gasteiger partial charge is 0.118 e. The molecule has 1 heterocycles. The summed E-state index contributed by atoms with van der Waals surface area (Å²) in [5.41, 5.74) is 1.08. The van der Waals surface area contributed by atoms with Gasteiger partial charge in [0.15, 0.2) is 0 Å². The lowest BCUT2D eigenvalue weighted by Gasteiger charge is -2.36. The van der Waals surface area contributed by atoms with Crippen LogP contribution in [0.2, 0.25) is 0 Å². The molecule has 1 aromatic carbocycles. The molecule has 0 amide bonds. The summed E-state index contributed by atoms with van der Waals surface area (Å²) in [6.45, 7) is -0.0336. The number of benzene rings is 1. The molecule has 1 fully saturated rings. The molecule has 124 valence electrons. The van der Waals surface area contributed by atoms with Crippen molar-refractivity contribution in [2.24, 2.45) is 0 Å². The van der Waals surface area contributed by atoms with Crippen molar-refractivity contribution in [2.45, 2.75) is 49.8 Å². The van der Waals surface area contributed by atoms with E-state index in [-0.39, 0.29) is 13.0 Å². The summed E-state index contributed by atoms with van der Waals surface area (Å²) in [5.74, 6) is 0.788. The van der Waals surface area contributed by atoms with Gasteiger partial charge >= 0.3 is 0 Å². The van der Waals surface area contributed by atoms with Crippen LogP contribution in [0.15, 0.2) is 24.3 Å². The molecule has 0 radical (unpaired) electrons. The van der Waals surface area contributed by atoms with Crippen LogP contribution < -0.4 is 4.74 Å². The molecule has 0 saturated carbocycles. The van der Waals surface area contributed by atoms with Crippen LogP contribution in [-0.2, 0) is 11.2 Å². The van der Waals surface area contributed by atoms with Crippen molar-refractivity contribution in [2.75, 3.05) is 13.7 Å². The normalized spacial score (nSPS) is 30.0. The van der Waals surface area contributed by atoms with Gasteiger partial charge in [-0.1, -0.05) is 12.1 Å². The number of aliphatic hydroxyl groups is 4. The van der Waals surface area contributed by atoms with Crippen molar-refractivity contribution in [3.63, 3.8) is 0 Å². The first-order valence-electron chi connectivity index (χ1n) is 7.48. The van der Waals surface area contributed by atoms with Gasteiger partial charge in [0, 0.05) is 6.42 Å². The molecule has 6 heteroatoms. The van der Waals surface area contributed by atoms with Gasteiger partial charge in [-0.05, 0) is 30.5 Å².